The molecule has 0 aromatic heterocycles. The Morgan fingerprint density at radius 1 is 1.00 bits per heavy atom. The summed E-state index contributed by atoms with van der Waals surface area (Å²) < 4.78 is 11.7. The molecule has 1 N–H and O–H groups in total. The second kappa shape index (κ2) is 4.44. The fourth-order valence-electron chi connectivity index (χ4n) is 3.09. The second-order valence-electron chi connectivity index (χ2n) is 5.24. The molecule has 0 radical (unpaired) electrons. The van der Waals surface area contributed by atoms with Crippen LogP contribution in [0, 0.1) is 0 Å². The molecule has 2 heterocycles. The molecule has 0 unspecified atom stereocenters. The molecule has 0 atom stereocenters. The van der Waals surface area contributed by atoms with Gasteiger partial charge in [-0.1, -0.05) is 12.1 Å². The average molecular weight is 267 g/mol. The molecule has 0 spiro atoms. The van der Waals surface area contributed by atoms with Crippen LogP contribution in [0.2, 0.25) is 0 Å². The SMILES string of the molecule is CNc1ccc(-c2c3c(cc4c2OCC4)OCC3)cc1. The van der Waals surface area contributed by atoms with Gasteiger partial charge in [-0.2, -0.15) is 0 Å². The second-order valence-corrected chi connectivity index (χ2v) is 5.24. The number of benzene rings is 2. The molecule has 0 bridgehead atoms. The van der Waals surface area contributed by atoms with Gasteiger partial charge >= 0.3 is 0 Å². The van der Waals surface area contributed by atoms with Gasteiger partial charge in [0.1, 0.15) is 11.5 Å². The number of hydrogen-bond donors (Lipinski definition) is 1. The Kier molecular flexibility index (Phi) is 2.59. The zero-order valence-corrected chi connectivity index (χ0v) is 11.5. The van der Waals surface area contributed by atoms with Gasteiger partial charge in [0.05, 0.1) is 13.2 Å². The fraction of sp³-hybridized carbons (Fsp3) is 0.294. The summed E-state index contributed by atoms with van der Waals surface area (Å²) in [6.45, 7) is 1.56. The summed E-state index contributed by atoms with van der Waals surface area (Å²) in [5, 5.41) is 3.15. The maximum Gasteiger partial charge on any atom is 0.130 e. The molecule has 0 saturated heterocycles. The van der Waals surface area contributed by atoms with Crippen molar-refractivity contribution in [3.63, 3.8) is 0 Å². The molecule has 2 aliphatic heterocycles. The van der Waals surface area contributed by atoms with E-state index in [1.807, 2.05) is 7.05 Å². The zero-order valence-electron chi connectivity index (χ0n) is 11.5. The third-order valence-corrected chi connectivity index (χ3v) is 4.11. The van der Waals surface area contributed by atoms with Gasteiger partial charge in [-0.3, -0.25) is 0 Å². The van der Waals surface area contributed by atoms with Crippen molar-refractivity contribution in [3.05, 3.63) is 41.5 Å². The maximum absolute atomic E-state index is 5.89. The van der Waals surface area contributed by atoms with E-state index in [0.717, 1.165) is 43.2 Å². The Labute approximate surface area is 118 Å². The smallest absolute Gasteiger partial charge is 0.130 e. The molecule has 2 aromatic carbocycles. The van der Waals surface area contributed by atoms with E-state index in [1.165, 1.54) is 22.3 Å². The molecule has 102 valence electrons. The maximum atomic E-state index is 5.89. The van der Waals surface area contributed by atoms with Crippen LogP contribution < -0.4 is 14.8 Å². The van der Waals surface area contributed by atoms with Gasteiger partial charge in [0.25, 0.3) is 0 Å². The van der Waals surface area contributed by atoms with Crippen LogP contribution in [0.4, 0.5) is 5.69 Å². The van der Waals surface area contributed by atoms with Crippen LogP contribution in [0.25, 0.3) is 11.1 Å². The first-order valence-corrected chi connectivity index (χ1v) is 7.09. The van der Waals surface area contributed by atoms with Crippen LogP contribution in [0.5, 0.6) is 11.5 Å². The number of hydrogen-bond acceptors (Lipinski definition) is 3. The Bertz CT molecular complexity index is 629. The van der Waals surface area contributed by atoms with E-state index in [0.29, 0.717) is 0 Å². The first-order valence-electron chi connectivity index (χ1n) is 7.09. The Morgan fingerprint density at radius 2 is 1.80 bits per heavy atom. The Morgan fingerprint density at radius 3 is 2.60 bits per heavy atom. The minimum Gasteiger partial charge on any atom is -0.493 e. The number of fused-ring (bicyclic) bond motifs is 2. The number of ether oxygens (including phenoxy) is 2. The standard InChI is InChI=1S/C17H17NO2/c1-18-13-4-2-11(3-5-13)16-14-7-9-19-15(14)10-12-6-8-20-17(12)16/h2-5,10,18H,6-9H2,1H3. The van der Waals surface area contributed by atoms with Gasteiger partial charge < -0.3 is 14.8 Å². The van der Waals surface area contributed by atoms with Crippen molar-refractivity contribution in [1.29, 1.82) is 0 Å². The third kappa shape index (κ3) is 1.66. The lowest BCUT2D eigenvalue weighted by molar-refractivity contribution is 0.356. The Balaban J connectivity index is 1.92. The van der Waals surface area contributed by atoms with Crippen LogP contribution >= 0.6 is 0 Å². The van der Waals surface area contributed by atoms with E-state index >= 15 is 0 Å². The van der Waals surface area contributed by atoms with Gasteiger partial charge in [0.15, 0.2) is 0 Å². The monoisotopic (exact) mass is 267 g/mol. The largest absolute Gasteiger partial charge is 0.493 e. The van der Waals surface area contributed by atoms with E-state index in [9.17, 15) is 0 Å². The first-order chi connectivity index (χ1) is 9.86. The predicted octanol–water partition coefficient (Wildman–Crippen LogP) is 3.27. The van der Waals surface area contributed by atoms with Crippen LogP contribution in [-0.2, 0) is 12.8 Å². The molecule has 3 nitrogen and oxygen atoms in total. The number of rotatable bonds is 2. The van der Waals surface area contributed by atoms with Crippen LogP contribution in [-0.4, -0.2) is 20.3 Å². The highest BCUT2D eigenvalue weighted by atomic mass is 16.5. The molecule has 4 rings (SSSR count). The van der Waals surface area contributed by atoms with Crippen molar-refractivity contribution < 1.29 is 9.47 Å². The normalized spacial score (nSPS) is 15.2. The number of nitrogens with one attached hydrogen (secondary N) is 1. The van der Waals surface area contributed by atoms with Gasteiger partial charge in [-0.25, -0.2) is 0 Å². The zero-order chi connectivity index (χ0) is 13.5. The predicted molar refractivity (Wildman–Crippen MR) is 79.8 cm³/mol. The number of anilines is 1. The average Bonchev–Trinajstić information content (AvgIpc) is 3.13. The van der Waals surface area contributed by atoms with Crippen molar-refractivity contribution in [1.82, 2.24) is 0 Å². The Hall–Kier alpha value is -2.16. The molecule has 2 aromatic rings. The minimum atomic E-state index is 0.778. The van der Waals surface area contributed by atoms with Gasteiger partial charge in [0, 0.05) is 42.3 Å². The van der Waals surface area contributed by atoms with Crippen molar-refractivity contribution in [2.75, 3.05) is 25.6 Å². The summed E-state index contributed by atoms with van der Waals surface area (Å²) in [7, 11) is 1.93. The van der Waals surface area contributed by atoms with Gasteiger partial charge in [0.2, 0.25) is 0 Å². The first kappa shape index (κ1) is 11.6. The van der Waals surface area contributed by atoms with Crippen molar-refractivity contribution >= 4 is 5.69 Å². The van der Waals surface area contributed by atoms with Crippen LogP contribution in [0.15, 0.2) is 30.3 Å². The van der Waals surface area contributed by atoms with Gasteiger partial charge in [-0.15, -0.1) is 0 Å². The van der Waals surface area contributed by atoms with Crippen molar-refractivity contribution in [3.8, 4) is 22.6 Å². The molecular weight excluding hydrogens is 250 g/mol. The highest BCUT2D eigenvalue weighted by Crippen LogP contribution is 2.46. The summed E-state index contributed by atoms with van der Waals surface area (Å²) in [6, 6.07) is 10.7. The summed E-state index contributed by atoms with van der Waals surface area (Å²) in [6.07, 6.45) is 1.95. The van der Waals surface area contributed by atoms with Crippen LogP contribution in [0.1, 0.15) is 11.1 Å². The lowest BCUT2D eigenvalue weighted by atomic mass is 9.94. The molecular formula is C17H17NO2. The third-order valence-electron chi connectivity index (χ3n) is 4.11. The molecule has 0 fully saturated rings. The highest BCUT2D eigenvalue weighted by Gasteiger charge is 2.27. The lowest BCUT2D eigenvalue weighted by Gasteiger charge is -2.13. The van der Waals surface area contributed by atoms with Crippen LogP contribution in [0.3, 0.4) is 0 Å². The van der Waals surface area contributed by atoms with E-state index in [4.69, 9.17) is 9.47 Å². The molecule has 20 heavy (non-hydrogen) atoms. The van der Waals surface area contributed by atoms with E-state index < -0.39 is 0 Å². The van der Waals surface area contributed by atoms with Crippen molar-refractivity contribution in [2.24, 2.45) is 0 Å². The lowest BCUT2D eigenvalue weighted by Crippen LogP contribution is -1.93. The highest BCUT2D eigenvalue weighted by molar-refractivity contribution is 5.80. The van der Waals surface area contributed by atoms with E-state index in [2.05, 4.69) is 35.6 Å². The molecule has 0 amide bonds. The fourth-order valence-corrected chi connectivity index (χ4v) is 3.09. The summed E-state index contributed by atoms with van der Waals surface area (Å²) in [5.74, 6) is 2.11. The molecule has 0 aliphatic carbocycles. The molecule has 2 aliphatic rings. The summed E-state index contributed by atoms with van der Waals surface area (Å²) >= 11 is 0. The molecule has 0 saturated carbocycles. The summed E-state index contributed by atoms with van der Waals surface area (Å²) in [4.78, 5) is 0. The molecule has 3 heteroatoms. The summed E-state index contributed by atoms with van der Waals surface area (Å²) in [5.41, 5.74) is 6.14. The van der Waals surface area contributed by atoms with Gasteiger partial charge in [-0.05, 0) is 23.8 Å². The van der Waals surface area contributed by atoms with E-state index in [1.54, 1.807) is 0 Å². The topological polar surface area (TPSA) is 30.5 Å². The van der Waals surface area contributed by atoms with E-state index in [-0.39, 0.29) is 0 Å². The minimum absolute atomic E-state index is 0.778. The quantitative estimate of drug-likeness (QED) is 0.906. The van der Waals surface area contributed by atoms with Crippen molar-refractivity contribution in [2.45, 2.75) is 12.8 Å².